The van der Waals surface area contributed by atoms with E-state index < -0.39 is 23.8 Å². The Morgan fingerprint density at radius 2 is 1.52 bits per heavy atom. The molecule has 0 amide bonds. The highest BCUT2D eigenvalue weighted by Crippen LogP contribution is 2.52. The summed E-state index contributed by atoms with van der Waals surface area (Å²) in [4.78, 5) is 23.0. The van der Waals surface area contributed by atoms with E-state index in [0.717, 1.165) is 12.8 Å². The number of hydrogen-bond donors (Lipinski definition) is 2. The Kier molecular flexibility index (Phi) is 6.94. The van der Waals surface area contributed by atoms with Gasteiger partial charge in [0, 0.05) is 11.8 Å². The molecule has 4 fully saturated rings. The first kappa shape index (κ1) is 23.0. The van der Waals surface area contributed by atoms with Crippen molar-refractivity contribution in [3.63, 3.8) is 0 Å². The van der Waals surface area contributed by atoms with Crippen molar-refractivity contribution in [2.45, 2.75) is 84.4 Å². The Bertz CT molecular complexity index is 644. The average Bonchev–Trinajstić information content (AvgIpc) is 2.90. The summed E-state index contributed by atoms with van der Waals surface area (Å²) in [7, 11) is 0. The smallest absolute Gasteiger partial charge is 0.306 e. The van der Waals surface area contributed by atoms with Crippen LogP contribution in [-0.2, 0) is 23.8 Å². The minimum absolute atomic E-state index is 0.0856. The number of carboxylic acids is 2. The SMILES string of the molecule is CC1CC[C@@H]2C3[C@@H](O1)O[C@H](OCC1C[C@@H](C(=O)O)C[C@@H](C(=O)O)C1)[C@H](C)[C@@H]3CC[C@H]2C. The molecule has 0 radical (unpaired) electrons. The molecule has 3 unspecified atom stereocenters. The zero-order valence-electron chi connectivity index (χ0n) is 18.9. The zero-order valence-corrected chi connectivity index (χ0v) is 18.9. The van der Waals surface area contributed by atoms with Crippen LogP contribution < -0.4 is 0 Å². The van der Waals surface area contributed by atoms with Gasteiger partial charge in [-0.05, 0) is 69.1 Å². The van der Waals surface area contributed by atoms with Gasteiger partial charge in [0.25, 0.3) is 0 Å². The van der Waals surface area contributed by atoms with Crippen LogP contribution in [0, 0.1) is 47.3 Å². The average molecular weight is 439 g/mol. The van der Waals surface area contributed by atoms with Gasteiger partial charge in [-0.25, -0.2) is 0 Å². The monoisotopic (exact) mass is 438 g/mol. The maximum Gasteiger partial charge on any atom is 0.306 e. The summed E-state index contributed by atoms with van der Waals surface area (Å²) in [6.45, 7) is 7.02. The Labute approximate surface area is 184 Å². The van der Waals surface area contributed by atoms with Gasteiger partial charge in [-0.3, -0.25) is 9.59 Å². The molecule has 0 bridgehead atoms. The molecule has 0 aromatic carbocycles. The first-order valence-electron chi connectivity index (χ1n) is 12.1. The Morgan fingerprint density at radius 3 is 2.16 bits per heavy atom. The molecule has 0 aromatic rings. The van der Waals surface area contributed by atoms with Gasteiger partial charge in [-0.1, -0.05) is 20.3 Å². The van der Waals surface area contributed by atoms with Gasteiger partial charge in [0.2, 0.25) is 0 Å². The van der Waals surface area contributed by atoms with E-state index in [0.29, 0.717) is 43.1 Å². The minimum atomic E-state index is -0.913. The molecule has 4 aliphatic rings. The lowest BCUT2D eigenvalue weighted by Gasteiger charge is -2.52. The van der Waals surface area contributed by atoms with Gasteiger partial charge >= 0.3 is 11.9 Å². The van der Waals surface area contributed by atoms with Crippen molar-refractivity contribution in [3.8, 4) is 0 Å². The van der Waals surface area contributed by atoms with Crippen LogP contribution in [0.25, 0.3) is 0 Å². The van der Waals surface area contributed by atoms with E-state index in [-0.39, 0.29) is 36.9 Å². The molecule has 2 saturated carbocycles. The number of ether oxygens (including phenoxy) is 3. The number of carboxylic acid groups (broad SMARTS) is 2. The Morgan fingerprint density at radius 1 is 0.871 bits per heavy atom. The summed E-state index contributed by atoms with van der Waals surface area (Å²) in [6, 6.07) is 0. The van der Waals surface area contributed by atoms with E-state index >= 15 is 0 Å². The van der Waals surface area contributed by atoms with Gasteiger partial charge in [-0.15, -0.1) is 0 Å². The number of rotatable bonds is 5. The molecule has 7 heteroatoms. The maximum atomic E-state index is 11.5. The quantitative estimate of drug-likeness (QED) is 0.669. The van der Waals surface area contributed by atoms with Crippen molar-refractivity contribution in [2.24, 2.45) is 47.3 Å². The fourth-order valence-electron chi connectivity index (χ4n) is 6.85. The summed E-state index contributed by atoms with van der Waals surface area (Å²) >= 11 is 0. The van der Waals surface area contributed by atoms with Crippen molar-refractivity contribution in [1.29, 1.82) is 0 Å². The van der Waals surface area contributed by atoms with Crippen LogP contribution in [0.1, 0.15) is 65.7 Å². The van der Waals surface area contributed by atoms with Crippen LogP contribution in [0.3, 0.4) is 0 Å². The van der Waals surface area contributed by atoms with Gasteiger partial charge in [0.1, 0.15) is 0 Å². The highest BCUT2D eigenvalue weighted by atomic mass is 16.8. The molecule has 7 nitrogen and oxygen atoms in total. The lowest BCUT2D eigenvalue weighted by Crippen LogP contribution is -2.54. The number of carbonyl (C=O) groups is 2. The molecule has 0 aromatic heterocycles. The molecule has 176 valence electrons. The summed E-state index contributed by atoms with van der Waals surface area (Å²) < 4.78 is 19.0. The molecule has 31 heavy (non-hydrogen) atoms. The number of aliphatic carboxylic acids is 2. The second-order valence-electron chi connectivity index (χ2n) is 10.7. The van der Waals surface area contributed by atoms with Crippen molar-refractivity contribution < 1.29 is 34.0 Å². The van der Waals surface area contributed by atoms with E-state index in [1.807, 2.05) is 0 Å². The topological polar surface area (TPSA) is 102 Å². The summed E-state index contributed by atoms with van der Waals surface area (Å²) in [5.74, 6) is -0.690. The van der Waals surface area contributed by atoms with Gasteiger partial charge in [0.15, 0.2) is 12.6 Å². The zero-order chi connectivity index (χ0) is 22.3. The fraction of sp³-hybridized carbons (Fsp3) is 0.917. The summed E-state index contributed by atoms with van der Waals surface area (Å²) in [5.41, 5.74) is 0. The first-order valence-corrected chi connectivity index (χ1v) is 12.1. The maximum absolute atomic E-state index is 11.5. The molecule has 2 N–H and O–H groups in total. The van der Waals surface area contributed by atoms with Gasteiger partial charge in [-0.2, -0.15) is 0 Å². The fourth-order valence-corrected chi connectivity index (χ4v) is 6.85. The highest BCUT2D eigenvalue weighted by Gasteiger charge is 2.52. The third kappa shape index (κ3) is 4.79. The van der Waals surface area contributed by atoms with Crippen LogP contribution in [0.4, 0.5) is 0 Å². The predicted molar refractivity (Wildman–Crippen MR) is 112 cm³/mol. The second kappa shape index (κ2) is 9.36. The molecular weight excluding hydrogens is 400 g/mol. The van der Waals surface area contributed by atoms with Crippen LogP contribution >= 0.6 is 0 Å². The number of hydrogen-bond acceptors (Lipinski definition) is 5. The molecule has 2 aliphatic carbocycles. The highest BCUT2D eigenvalue weighted by molar-refractivity contribution is 5.74. The van der Waals surface area contributed by atoms with E-state index in [9.17, 15) is 19.8 Å². The first-order chi connectivity index (χ1) is 14.7. The minimum Gasteiger partial charge on any atom is -0.481 e. The molecule has 11 atom stereocenters. The molecule has 0 spiro atoms. The van der Waals surface area contributed by atoms with Crippen LogP contribution in [0.2, 0.25) is 0 Å². The third-order valence-electron chi connectivity index (χ3n) is 8.63. The van der Waals surface area contributed by atoms with Crippen molar-refractivity contribution in [3.05, 3.63) is 0 Å². The molecule has 4 rings (SSSR count). The Balaban J connectivity index is 1.43. The predicted octanol–water partition coefficient (Wildman–Crippen LogP) is 4.00. The van der Waals surface area contributed by atoms with E-state index in [4.69, 9.17) is 14.2 Å². The lowest BCUT2D eigenvalue weighted by atomic mass is 9.61. The van der Waals surface area contributed by atoms with Crippen LogP contribution in [-0.4, -0.2) is 47.4 Å². The van der Waals surface area contributed by atoms with E-state index in [2.05, 4.69) is 20.8 Å². The summed E-state index contributed by atoms with van der Waals surface area (Å²) in [5, 5.41) is 18.9. The van der Waals surface area contributed by atoms with Crippen LogP contribution in [0.15, 0.2) is 0 Å². The second-order valence-corrected chi connectivity index (χ2v) is 10.7. The molecule has 2 saturated heterocycles. The van der Waals surface area contributed by atoms with Crippen molar-refractivity contribution in [1.82, 2.24) is 0 Å². The van der Waals surface area contributed by atoms with E-state index in [1.54, 1.807) is 0 Å². The van der Waals surface area contributed by atoms with Gasteiger partial charge < -0.3 is 24.4 Å². The van der Waals surface area contributed by atoms with Crippen LogP contribution in [0.5, 0.6) is 0 Å². The van der Waals surface area contributed by atoms with Crippen molar-refractivity contribution in [2.75, 3.05) is 6.61 Å². The summed E-state index contributed by atoms with van der Waals surface area (Å²) in [6.07, 6.45) is 5.30. The van der Waals surface area contributed by atoms with Gasteiger partial charge in [0.05, 0.1) is 24.5 Å². The third-order valence-corrected chi connectivity index (χ3v) is 8.63. The van der Waals surface area contributed by atoms with Crippen molar-refractivity contribution >= 4 is 11.9 Å². The standard InChI is InChI=1S/C24H38O7/c1-12-4-6-19-14(3)23(31-24-20(19)18(12)7-5-13(2)30-24)29-11-15-8-16(21(25)26)10-17(9-15)22(27)28/h12-20,23-24H,4-11H2,1-3H3,(H,25,26)(H,27,28)/t12-,13?,14-,15?,16-,17+,18+,19+,20?,23+,24+/m1/s1. The lowest BCUT2D eigenvalue weighted by molar-refractivity contribution is -0.336. The van der Waals surface area contributed by atoms with E-state index in [1.165, 1.54) is 12.8 Å². The molecule has 2 heterocycles. The normalized spacial score (nSPS) is 47.8. The molecular formula is C24H38O7. The largest absolute Gasteiger partial charge is 0.481 e. The Hall–Kier alpha value is -1.18. The molecule has 2 aliphatic heterocycles.